The van der Waals surface area contributed by atoms with Crippen molar-refractivity contribution >= 4 is 23.4 Å². The summed E-state index contributed by atoms with van der Waals surface area (Å²) < 4.78 is 5.02. The zero-order valence-electron chi connectivity index (χ0n) is 17.3. The highest BCUT2D eigenvalue weighted by atomic mass is 16.6. The molecule has 154 valence electrons. The van der Waals surface area contributed by atoms with Crippen LogP contribution < -0.4 is 4.90 Å². The standard InChI is InChI=1S/C22H28N4O3/c1-4-26(18-8-6-7-17(3)15-18)19-9-10-20(23-16-19)21(27)24-11-13-25(14-12-24)22(28)29-5-2/h6-10,15-16H,4-5,11-14H2,1-3H3. The van der Waals surface area contributed by atoms with Gasteiger partial charge in [0.1, 0.15) is 5.69 Å². The molecule has 1 saturated heterocycles. The largest absolute Gasteiger partial charge is 0.450 e. The van der Waals surface area contributed by atoms with Crippen LogP contribution in [0, 0.1) is 6.92 Å². The van der Waals surface area contributed by atoms with Crippen molar-refractivity contribution in [3.05, 3.63) is 53.9 Å². The number of ether oxygens (including phenoxy) is 1. The van der Waals surface area contributed by atoms with E-state index in [1.807, 2.05) is 12.1 Å². The van der Waals surface area contributed by atoms with Gasteiger partial charge in [0.2, 0.25) is 0 Å². The number of hydrogen-bond donors (Lipinski definition) is 0. The number of anilines is 2. The number of carbonyl (C=O) groups is 2. The Balaban J connectivity index is 1.65. The SMILES string of the molecule is CCOC(=O)N1CCN(C(=O)c2ccc(N(CC)c3cccc(C)c3)cn2)CC1. The highest BCUT2D eigenvalue weighted by Crippen LogP contribution is 2.25. The lowest BCUT2D eigenvalue weighted by molar-refractivity contribution is 0.0566. The molecule has 0 spiro atoms. The molecule has 29 heavy (non-hydrogen) atoms. The molecule has 1 aliphatic rings. The smallest absolute Gasteiger partial charge is 0.409 e. The van der Waals surface area contributed by atoms with E-state index >= 15 is 0 Å². The molecule has 0 N–H and O–H groups in total. The Morgan fingerprint density at radius 1 is 1.03 bits per heavy atom. The summed E-state index contributed by atoms with van der Waals surface area (Å²) in [6.45, 7) is 8.99. The van der Waals surface area contributed by atoms with Gasteiger partial charge in [0.05, 0.1) is 18.5 Å². The zero-order valence-corrected chi connectivity index (χ0v) is 17.3. The predicted octanol–water partition coefficient (Wildman–Crippen LogP) is 3.46. The van der Waals surface area contributed by atoms with E-state index in [4.69, 9.17) is 4.74 Å². The minimum absolute atomic E-state index is 0.112. The maximum absolute atomic E-state index is 12.8. The molecule has 7 nitrogen and oxygen atoms in total. The van der Waals surface area contributed by atoms with E-state index in [9.17, 15) is 9.59 Å². The Bertz CT molecular complexity index is 845. The van der Waals surface area contributed by atoms with Gasteiger partial charge in [-0.3, -0.25) is 4.79 Å². The molecule has 1 aromatic carbocycles. The summed E-state index contributed by atoms with van der Waals surface area (Å²) in [6.07, 6.45) is 1.42. The minimum Gasteiger partial charge on any atom is -0.450 e. The van der Waals surface area contributed by atoms with Crippen LogP contribution in [0.4, 0.5) is 16.2 Å². The summed E-state index contributed by atoms with van der Waals surface area (Å²) in [5.41, 5.74) is 3.66. The number of rotatable bonds is 5. The van der Waals surface area contributed by atoms with E-state index in [1.165, 1.54) is 5.56 Å². The van der Waals surface area contributed by atoms with Crippen molar-refractivity contribution in [3.63, 3.8) is 0 Å². The molecule has 2 heterocycles. The number of carbonyl (C=O) groups excluding carboxylic acids is 2. The lowest BCUT2D eigenvalue weighted by Gasteiger charge is -2.33. The monoisotopic (exact) mass is 396 g/mol. The Kier molecular flexibility index (Phi) is 6.69. The maximum Gasteiger partial charge on any atom is 0.409 e. The van der Waals surface area contributed by atoms with Gasteiger partial charge in [0.25, 0.3) is 5.91 Å². The van der Waals surface area contributed by atoms with Crippen molar-refractivity contribution in [2.24, 2.45) is 0 Å². The van der Waals surface area contributed by atoms with E-state index in [0.29, 0.717) is 38.5 Å². The average Bonchev–Trinajstić information content (AvgIpc) is 2.75. The van der Waals surface area contributed by atoms with Crippen LogP contribution in [0.5, 0.6) is 0 Å². The van der Waals surface area contributed by atoms with E-state index in [-0.39, 0.29) is 12.0 Å². The fraction of sp³-hybridized carbons (Fsp3) is 0.409. The van der Waals surface area contributed by atoms with Crippen LogP contribution in [-0.2, 0) is 4.74 Å². The van der Waals surface area contributed by atoms with Crippen LogP contribution in [0.3, 0.4) is 0 Å². The number of amides is 2. The van der Waals surface area contributed by atoms with Crippen molar-refractivity contribution in [3.8, 4) is 0 Å². The molecule has 0 radical (unpaired) electrons. The van der Waals surface area contributed by atoms with Crippen molar-refractivity contribution in [2.45, 2.75) is 20.8 Å². The third-order valence-electron chi connectivity index (χ3n) is 5.00. The number of benzene rings is 1. The first kappa shape index (κ1) is 20.6. The highest BCUT2D eigenvalue weighted by molar-refractivity contribution is 5.92. The maximum atomic E-state index is 12.8. The summed E-state index contributed by atoms with van der Waals surface area (Å²) in [6, 6.07) is 12.0. The van der Waals surface area contributed by atoms with Gasteiger partial charge in [-0.05, 0) is 50.6 Å². The molecule has 3 rings (SSSR count). The second-order valence-electron chi connectivity index (χ2n) is 6.96. The molecule has 0 unspecified atom stereocenters. The first-order chi connectivity index (χ1) is 14.0. The predicted molar refractivity (Wildman–Crippen MR) is 113 cm³/mol. The number of piperazine rings is 1. The van der Waals surface area contributed by atoms with Crippen molar-refractivity contribution in [1.82, 2.24) is 14.8 Å². The normalized spacial score (nSPS) is 13.9. The first-order valence-corrected chi connectivity index (χ1v) is 10.0. The van der Waals surface area contributed by atoms with E-state index < -0.39 is 0 Å². The lowest BCUT2D eigenvalue weighted by atomic mass is 10.2. The van der Waals surface area contributed by atoms with Gasteiger partial charge in [0.15, 0.2) is 0 Å². The van der Waals surface area contributed by atoms with Crippen molar-refractivity contribution in [1.29, 1.82) is 0 Å². The van der Waals surface area contributed by atoms with Gasteiger partial charge in [-0.2, -0.15) is 0 Å². The van der Waals surface area contributed by atoms with Crippen molar-refractivity contribution < 1.29 is 14.3 Å². The highest BCUT2D eigenvalue weighted by Gasteiger charge is 2.26. The molecule has 1 aliphatic heterocycles. The topological polar surface area (TPSA) is 66.0 Å². The zero-order chi connectivity index (χ0) is 20.8. The third-order valence-corrected chi connectivity index (χ3v) is 5.00. The van der Waals surface area contributed by atoms with Crippen molar-refractivity contribution in [2.75, 3.05) is 44.2 Å². The van der Waals surface area contributed by atoms with Crippen LogP contribution in [0.25, 0.3) is 0 Å². The molecule has 1 fully saturated rings. The molecule has 2 amide bonds. The minimum atomic E-state index is -0.321. The molecule has 1 aromatic heterocycles. The summed E-state index contributed by atoms with van der Waals surface area (Å²) in [5.74, 6) is -0.112. The first-order valence-electron chi connectivity index (χ1n) is 10.0. The molecular weight excluding hydrogens is 368 g/mol. The lowest BCUT2D eigenvalue weighted by Crippen LogP contribution is -2.50. The van der Waals surface area contributed by atoms with E-state index in [1.54, 1.807) is 29.0 Å². The van der Waals surface area contributed by atoms with Crippen LogP contribution >= 0.6 is 0 Å². The number of nitrogens with zero attached hydrogens (tertiary/aromatic N) is 4. The van der Waals surface area contributed by atoms with Gasteiger partial charge < -0.3 is 19.4 Å². The van der Waals surface area contributed by atoms with Gasteiger partial charge in [0, 0.05) is 38.4 Å². The second kappa shape index (κ2) is 9.41. The second-order valence-corrected chi connectivity index (χ2v) is 6.96. The van der Waals surface area contributed by atoms with Gasteiger partial charge in [-0.15, -0.1) is 0 Å². The van der Waals surface area contributed by atoms with Crippen LogP contribution in [0.15, 0.2) is 42.6 Å². The summed E-state index contributed by atoms with van der Waals surface area (Å²) in [7, 11) is 0. The number of aromatic nitrogens is 1. The summed E-state index contributed by atoms with van der Waals surface area (Å²) >= 11 is 0. The van der Waals surface area contributed by atoms with E-state index in [2.05, 4.69) is 41.9 Å². The number of aryl methyl sites for hydroxylation is 1. The van der Waals surface area contributed by atoms with Crippen LogP contribution in [0.1, 0.15) is 29.9 Å². The van der Waals surface area contributed by atoms with Crippen LogP contribution in [-0.4, -0.2) is 66.1 Å². The number of pyridine rings is 1. The van der Waals surface area contributed by atoms with Gasteiger partial charge >= 0.3 is 6.09 Å². The van der Waals surface area contributed by atoms with Gasteiger partial charge in [-0.25, -0.2) is 9.78 Å². The van der Waals surface area contributed by atoms with Crippen LogP contribution in [0.2, 0.25) is 0 Å². The molecule has 2 aromatic rings. The molecule has 0 bridgehead atoms. The molecule has 7 heteroatoms. The average molecular weight is 396 g/mol. The summed E-state index contributed by atoms with van der Waals surface area (Å²) in [4.78, 5) is 34.5. The molecule has 0 saturated carbocycles. The Hall–Kier alpha value is -3.09. The molecule has 0 atom stereocenters. The van der Waals surface area contributed by atoms with Gasteiger partial charge in [-0.1, -0.05) is 12.1 Å². The third kappa shape index (κ3) is 4.85. The summed E-state index contributed by atoms with van der Waals surface area (Å²) in [5, 5.41) is 0. The Labute approximate surface area is 171 Å². The quantitative estimate of drug-likeness (QED) is 0.774. The Morgan fingerprint density at radius 3 is 2.34 bits per heavy atom. The number of hydrogen-bond acceptors (Lipinski definition) is 5. The van der Waals surface area contributed by atoms with E-state index in [0.717, 1.165) is 17.9 Å². The Morgan fingerprint density at radius 2 is 1.76 bits per heavy atom. The molecular formula is C22H28N4O3. The fourth-order valence-electron chi connectivity index (χ4n) is 3.45. The molecule has 0 aliphatic carbocycles. The fourth-order valence-corrected chi connectivity index (χ4v) is 3.45.